The topological polar surface area (TPSA) is 68.7 Å². The Kier molecular flexibility index (Phi) is 7.38. The Labute approximate surface area is 198 Å². The monoisotopic (exact) mass is 461 g/mol. The molecule has 176 valence electrons. The molecule has 6 heteroatoms. The third kappa shape index (κ3) is 5.88. The van der Waals surface area contributed by atoms with Gasteiger partial charge < -0.3 is 14.6 Å². The molecule has 2 aromatic carbocycles. The minimum atomic E-state index is -0.707. The van der Waals surface area contributed by atoms with E-state index in [1.54, 1.807) is 24.5 Å². The second kappa shape index (κ2) is 10.6. The third-order valence-electron chi connectivity index (χ3n) is 5.78. The highest BCUT2D eigenvalue weighted by Crippen LogP contribution is 2.36. The van der Waals surface area contributed by atoms with Gasteiger partial charge in [-0.2, -0.15) is 0 Å². The van der Waals surface area contributed by atoms with Gasteiger partial charge in [0.25, 0.3) is 0 Å². The Hall–Kier alpha value is -3.51. The zero-order chi connectivity index (χ0) is 24.1. The van der Waals surface area contributed by atoms with Crippen molar-refractivity contribution in [2.24, 2.45) is 0 Å². The fourth-order valence-electron chi connectivity index (χ4n) is 4.04. The van der Waals surface area contributed by atoms with Gasteiger partial charge in [-0.1, -0.05) is 32.1 Å². The number of hydrogen-bond donors (Lipinski definition) is 1. The number of esters is 1. The van der Waals surface area contributed by atoms with Gasteiger partial charge in [0.05, 0.1) is 12.5 Å². The highest BCUT2D eigenvalue weighted by Gasteiger charge is 2.25. The number of halogens is 1. The van der Waals surface area contributed by atoms with E-state index in [1.165, 1.54) is 12.1 Å². The van der Waals surface area contributed by atoms with Crippen molar-refractivity contribution in [1.82, 2.24) is 4.98 Å². The maximum atomic E-state index is 13.6. The number of rotatable bonds is 7. The summed E-state index contributed by atoms with van der Waals surface area (Å²) in [6.45, 7) is 4.59. The van der Waals surface area contributed by atoms with E-state index in [0.29, 0.717) is 18.8 Å². The van der Waals surface area contributed by atoms with E-state index in [2.05, 4.69) is 18.8 Å². The molecule has 5 nitrogen and oxygen atoms in total. The van der Waals surface area contributed by atoms with Crippen LogP contribution < -0.4 is 4.74 Å². The summed E-state index contributed by atoms with van der Waals surface area (Å²) in [5.74, 6) is 0.161. The molecule has 0 aliphatic carbocycles. The van der Waals surface area contributed by atoms with Crippen LogP contribution in [0.4, 0.5) is 4.39 Å². The lowest BCUT2D eigenvalue weighted by atomic mass is 9.89. The number of ether oxygens (including phenoxy) is 2. The van der Waals surface area contributed by atoms with E-state index in [9.17, 15) is 14.3 Å². The molecule has 1 aromatic heterocycles. The molecule has 2 atom stereocenters. The average molecular weight is 462 g/mol. The molecule has 0 saturated carbocycles. The summed E-state index contributed by atoms with van der Waals surface area (Å²) in [6.07, 6.45) is 6.37. The van der Waals surface area contributed by atoms with Crippen LogP contribution in [0.5, 0.6) is 5.75 Å². The number of benzene rings is 2. The van der Waals surface area contributed by atoms with Gasteiger partial charge in [-0.15, -0.1) is 0 Å². The van der Waals surface area contributed by atoms with Crippen molar-refractivity contribution in [2.75, 3.05) is 0 Å². The smallest absolute Gasteiger partial charge is 0.309 e. The number of nitrogens with zero attached hydrogens (tertiary/aromatic N) is 1. The van der Waals surface area contributed by atoms with E-state index in [-0.39, 0.29) is 18.2 Å². The molecular formula is C28H28FNO4. The quantitative estimate of drug-likeness (QED) is 0.459. The predicted octanol–water partition coefficient (Wildman–Crippen LogP) is 5.67. The predicted molar refractivity (Wildman–Crippen MR) is 129 cm³/mol. The van der Waals surface area contributed by atoms with Crippen molar-refractivity contribution in [3.63, 3.8) is 0 Å². The summed E-state index contributed by atoms with van der Waals surface area (Å²) in [6, 6.07) is 14.1. The number of aliphatic hydroxyl groups excluding tert-OH is 1. The number of cyclic esters (lactones) is 1. The maximum absolute atomic E-state index is 13.6. The second-order valence-electron chi connectivity index (χ2n) is 8.76. The minimum Gasteiger partial charge on any atom is -0.489 e. The summed E-state index contributed by atoms with van der Waals surface area (Å²) >= 11 is 0. The van der Waals surface area contributed by atoms with Crippen LogP contribution in [0.3, 0.4) is 0 Å². The van der Waals surface area contributed by atoms with Gasteiger partial charge in [-0.05, 0) is 76.2 Å². The number of carbonyl (C=O) groups excluding carboxylic acids is 1. The fraction of sp³-hybridized carbons (Fsp3) is 0.286. The Morgan fingerprint density at radius 3 is 2.59 bits per heavy atom. The summed E-state index contributed by atoms with van der Waals surface area (Å²) in [5, 5.41) is 9.95. The van der Waals surface area contributed by atoms with Gasteiger partial charge in [0.15, 0.2) is 0 Å². The molecule has 34 heavy (non-hydrogen) atoms. The first-order chi connectivity index (χ1) is 16.4. The molecule has 0 amide bonds. The second-order valence-corrected chi connectivity index (χ2v) is 8.76. The molecule has 0 unspecified atom stereocenters. The van der Waals surface area contributed by atoms with E-state index in [0.717, 1.165) is 27.8 Å². The van der Waals surface area contributed by atoms with E-state index in [4.69, 9.17) is 9.47 Å². The van der Waals surface area contributed by atoms with Crippen LogP contribution in [0.25, 0.3) is 17.2 Å². The van der Waals surface area contributed by atoms with Crippen molar-refractivity contribution in [2.45, 2.75) is 51.4 Å². The number of hydrogen-bond acceptors (Lipinski definition) is 5. The van der Waals surface area contributed by atoms with Crippen molar-refractivity contribution >= 4 is 12.0 Å². The zero-order valence-corrected chi connectivity index (χ0v) is 19.3. The van der Waals surface area contributed by atoms with Gasteiger partial charge in [0.1, 0.15) is 24.3 Å². The molecular weight excluding hydrogens is 433 g/mol. The average Bonchev–Trinajstić information content (AvgIpc) is 2.82. The first-order valence-corrected chi connectivity index (χ1v) is 11.4. The Morgan fingerprint density at radius 2 is 1.91 bits per heavy atom. The molecule has 1 aliphatic rings. The van der Waals surface area contributed by atoms with Crippen LogP contribution in [0.15, 0.2) is 67.0 Å². The Bertz CT molecular complexity index is 1160. The minimum absolute atomic E-state index is 0.0198. The van der Waals surface area contributed by atoms with Crippen LogP contribution in [0, 0.1) is 5.82 Å². The van der Waals surface area contributed by atoms with Crippen molar-refractivity contribution in [3.8, 4) is 16.9 Å². The fourth-order valence-corrected chi connectivity index (χ4v) is 4.04. The number of aromatic nitrogens is 1. The van der Waals surface area contributed by atoms with Crippen LogP contribution >= 0.6 is 0 Å². The van der Waals surface area contributed by atoms with Gasteiger partial charge in [0, 0.05) is 18.8 Å². The Balaban J connectivity index is 1.73. The molecule has 3 aromatic rings. The van der Waals surface area contributed by atoms with Crippen LogP contribution in [0.1, 0.15) is 49.3 Å². The van der Waals surface area contributed by atoms with Gasteiger partial charge in [-0.25, -0.2) is 4.39 Å². The summed E-state index contributed by atoms with van der Waals surface area (Å²) in [4.78, 5) is 15.8. The highest BCUT2D eigenvalue weighted by atomic mass is 19.1. The molecule has 1 aliphatic heterocycles. The van der Waals surface area contributed by atoms with Crippen LogP contribution in [-0.4, -0.2) is 28.3 Å². The van der Waals surface area contributed by atoms with Gasteiger partial charge in [-0.3, -0.25) is 9.78 Å². The summed E-state index contributed by atoms with van der Waals surface area (Å²) in [5.41, 5.74) is 4.72. The molecule has 1 N–H and O–H groups in total. The number of pyridine rings is 1. The summed E-state index contributed by atoms with van der Waals surface area (Å²) < 4.78 is 25.2. The normalized spacial score (nSPS) is 18.3. The lowest BCUT2D eigenvalue weighted by Crippen LogP contribution is -2.31. The summed E-state index contributed by atoms with van der Waals surface area (Å²) in [7, 11) is 0. The lowest BCUT2D eigenvalue weighted by molar-refractivity contribution is -0.156. The van der Waals surface area contributed by atoms with Crippen LogP contribution in [-0.2, 0) is 16.1 Å². The first-order valence-electron chi connectivity index (χ1n) is 11.4. The van der Waals surface area contributed by atoms with Crippen molar-refractivity contribution < 1.29 is 23.8 Å². The SMILES string of the molecule is CC(C)c1cc(OCc2ccncc2)cc(-c2ccc(F)cc2)c1/C=C/[C@H]1C[C@H](O)CC(=O)O1. The third-order valence-corrected chi connectivity index (χ3v) is 5.78. The maximum Gasteiger partial charge on any atom is 0.309 e. The zero-order valence-electron chi connectivity index (χ0n) is 19.3. The van der Waals surface area contributed by atoms with Gasteiger partial charge in [0.2, 0.25) is 0 Å². The number of carbonyl (C=O) groups is 1. The van der Waals surface area contributed by atoms with E-state index >= 15 is 0 Å². The van der Waals surface area contributed by atoms with E-state index < -0.39 is 18.2 Å². The van der Waals surface area contributed by atoms with Gasteiger partial charge >= 0.3 is 5.97 Å². The molecule has 2 heterocycles. The largest absolute Gasteiger partial charge is 0.489 e. The first kappa shape index (κ1) is 23.6. The number of aliphatic hydroxyl groups is 1. The Morgan fingerprint density at radius 1 is 1.18 bits per heavy atom. The molecule has 1 fully saturated rings. The molecule has 1 saturated heterocycles. The standard InChI is InChI=1S/C28H28FNO4/c1-18(2)26-15-24(33-17-19-9-11-30-12-10-19)16-27(20-3-5-21(29)6-4-20)25(26)8-7-23-13-22(31)14-28(32)34-23/h3-12,15-16,18,22-23,31H,13-14,17H2,1-2H3/b8-7+/t22-,23-/m0/s1. The molecule has 0 bridgehead atoms. The molecule has 0 radical (unpaired) electrons. The van der Waals surface area contributed by atoms with Crippen molar-refractivity contribution in [3.05, 3.63) is 89.5 Å². The molecule has 4 rings (SSSR count). The van der Waals surface area contributed by atoms with Crippen LogP contribution in [0.2, 0.25) is 0 Å². The van der Waals surface area contributed by atoms with E-state index in [1.807, 2.05) is 36.4 Å². The van der Waals surface area contributed by atoms with Crippen molar-refractivity contribution in [1.29, 1.82) is 0 Å². The molecule has 0 spiro atoms. The lowest BCUT2D eigenvalue weighted by Gasteiger charge is -2.24. The highest BCUT2D eigenvalue weighted by molar-refractivity contribution is 5.79.